The Hall–Kier alpha value is -0.860. The van der Waals surface area contributed by atoms with Crippen LogP contribution in [0.1, 0.15) is 49.1 Å². The summed E-state index contributed by atoms with van der Waals surface area (Å²) in [6, 6.07) is 9.50. The van der Waals surface area contributed by atoms with Crippen LogP contribution >= 0.6 is 11.3 Å². The first-order valence-electron chi connectivity index (χ1n) is 7.14. The fraction of sp³-hybridized carbons (Fsp3) is 0.500. The summed E-state index contributed by atoms with van der Waals surface area (Å²) in [5.41, 5.74) is 1.63. The third-order valence-corrected chi connectivity index (χ3v) is 5.18. The molecule has 1 aromatic carbocycles. The monoisotopic (exact) mass is 259 g/mol. The highest BCUT2D eigenvalue weighted by Crippen LogP contribution is 2.39. The first kappa shape index (κ1) is 12.2. The van der Waals surface area contributed by atoms with E-state index in [1.165, 1.54) is 42.2 Å². The largest absolute Gasteiger partial charge is 0.309 e. The molecule has 1 aliphatic rings. The maximum absolute atomic E-state index is 3.74. The molecule has 0 saturated heterocycles. The van der Waals surface area contributed by atoms with E-state index in [0.29, 0.717) is 6.04 Å². The maximum atomic E-state index is 3.74. The molecule has 2 aromatic rings. The third kappa shape index (κ3) is 2.19. The van der Waals surface area contributed by atoms with Crippen LogP contribution in [0, 0.1) is 0 Å². The van der Waals surface area contributed by atoms with E-state index in [-0.39, 0.29) is 0 Å². The molecule has 1 heterocycles. The minimum absolute atomic E-state index is 0.597. The summed E-state index contributed by atoms with van der Waals surface area (Å²) in [4.78, 5) is 1.61. The predicted molar refractivity (Wildman–Crippen MR) is 80.4 cm³/mol. The summed E-state index contributed by atoms with van der Waals surface area (Å²) in [5, 5.41) is 5.24. The van der Waals surface area contributed by atoms with Crippen LogP contribution in [0.15, 0.2) is 24.3 Å². The standard InChI is InChI=1S/C16H21NS/c1-2-11-17-14-9-5-3-8-13-12-7-4-6-10-15(12)18-16(13)14/h4,6-7,10,14,17H,2-3,5,8-9,11H2,1H3. The fourth-order valence-corrected chi connectivity index (χ4v) is 4.32. The SMILES string of the molecule is CCCNC1CCCCc2c1sc1ccccc21. The van der Waals surface area contributed by atoms with Crippen LogP contribution in [0.2, 0.25) is 0 Å². The van der Waals surface area contributed by atoms with Gasteiger partial charge in [-0.15, -0.1) is 11.3 Å². The van der Waals surface area contributed by atoms with E-state index in [9.17, 15) is 0 Å². The number of rotatable bonds is 3. The van der Waals surface area contributed by atoms with Crippen molar-refractivity contribution < 1.29 is 0 Å². The summed E-state index contributed by atoms with van der Waals surface area (Å²) in [7, 11) is 0. The van der Waals surface area contributed by atoms with Gasteiger partial charge in [-0.25, -0.2) is 0 Å². The molecule has 1 atom stereocenters. The molecular weight excluding hydrogens is 238 g/mol. The van der Waals surface area contributed by atoms with Crippen LogP contribution in [0.25, 0.3) is 10.1 Å². The van der Waals surface area contributed by atoms with Gasteiger partial charge in [0.2, 0.25) is 0 Å². The number of fused-ring (bicyclic) bond motifs is 3. The van der Waals surface area contributed by atoms with Crippen LogP contribution in [-0.4, -0.2) is 6.54 Å². The van der Waals surface area contributed by atoms with Crippen LogP contribution in [0.3, 0.4) is 0 Å². The molecule has 1 nitrogen and oxygen atoms in total. The number of thiophene rings is 1. The minimum Gasteiger partial charge on any atom is -0.309 e. The second-order valence-electron chi connectivity index (χ2n) is 5.19. The third-order valence-electron chi connectivity index (χ3n) is 3.86. The summed E-state index contributed by atoms with van der Waals surface area (Å²) in [6.07, 6.45) is 6.50. The average Bonchev–Trinajstić information content (AvgIpc) is 2.65. The molecule has 18 heavy (non-hydrogen) atoms. The second-order valence-corrected chi connectivity index (χ2v) is 6.28. The molecule has 0 radical (unpaired) electrons. The van der Waals surface area contributed by atoms with E-state index in [4.69, 9.17) is 0 Å². The van der Waals surface area contributed by atoms with Gasteiger partial charge < -0.3 is 5.32 Å². The summed E-state index contributed by atoms with van der Waals surface area (Å²) < 4.78 is 1.47. The molecule has 1 aromatic heterocycles. The van der Waals surface area contributed by atoms with Gasteiger partial charge in [0.1, 0.15) is 0 Å². The topological polar surface area (TPSA) is 12.0 Å². The Labute approximate surface area is 113 Å². The Morgan fingerprint density at radius 3 is 3.06 bits per heavy atom. The number of aryl methyl sites for hydroxylation is 1. The summed E-state index contributed by atoms with van der Waals surface area (Å²) in [5.74, 6) is 0. The van der Waals surface area contributed by atoms with E-state index in [1.54, 1.807) is 10.4 Å². The number of nitrogens with one attached hydrogen (secondary N) is 1. The highest BCUT2D eigenvalue weighted by molar-refractivity contribution is 7.19. The zero-order chi connectivity index (χ0) is 12.4. The van der Waals surface area contributed by atoms with Crippen molar-refractivity contribution in [2.75, 3.05) is 6.54 Å². The highest BCUT2D eigenvalue weighted by Gasteiger charge is 2.22. The summed E-state index contributed by atoms with van der Waals surface area (Å²) in [6.45, 7) is 3.38. The predicted octanol–water partition coefficient (Wildman–Crippen LogP) is 4.67. The van der Waals surface area contributed by atoms with Gasteiger partial charge in [0.25, 0.3) is 0 Å². The van der Waals surface area contributed by atoms with Gasteiger partial charge in [-0.05, 0) is 49.2 Å². The Balaban J connectivity index is 2.03. The molecule has 1 N–H and O–H groups in total. The minimum atomic E-state index is 0.597. The van der Waals surface area contributed by atoms with Crippen molar-refractivity contribution in [3.8, 4) is 0 Å². The second kappa shape index (κ2) is 5.41. The molecule has 0 aliphatic heterocycles. The van der Waals surface area contributed by atoms with Crippen LogP contribution < -0.4 is 5.32 Å². The quantitative estimate of drug-likeness (QED) is 0.790. The maximum Gasteiger partial charge on any atom is 0.0418 e. The molecule has 96 valence electrons. The van der Waals surface area contributed by atoms with Crippen molar-refractivity contribution in [1.82, 2.24) is 5.32 Å². The molecule has 1 unspecified atom stereocenters. The smallest absolute Gasteiger partial charge is 0.0418 e. The Bertz CT molecular complexity index is 529. The van der Waals surface area contributed by atoms with Crippen LogP contribution in [0.5, 0.6) is 0 Å². The van der Waals surface area contributed by atoms with Crippen LogP contribution in [-0.2, 0) is 6.42 Å². The normalized spacial score (nSPS) is 19.7. The van der Waals surface area contributed by atoms with E-state index >= 15 is 0 Å². The van der Waals surface area contributed by atoms with Crippen LogP contribution in [0.4, 0.5) is 0 Å². The summed E-state index contributed by atoms with van der Waals surface area (Å²) >= 11 is 2.01. The molecular formula is C16H21NS. The Kier molecular flexibility index (Phi) is 3.67. The number of hydrogen-bond donors (Lipinski definition) is 1. The van der Waals surface area contributed by atoms with E-state index in [1.807, 2.05) is 11.3 Å². The molecule has 1 aliphatic carbocycles. The van der Waals surface area contributed by atoms with Gasteiger partial charge in [-0.1, -0.05) is 31.5 Å². The highest BCUT2D eigenvalue weighted by atomic mass is 32.1. The van der Waals surface area contributed by atoms with Gasteiger partial charge >= 0.3 is 0 Å². The van der Waals surface area contributed by atoms with Gasteiger partial charge in [-0.2, -0.15) is 0 Å². The van der Waals surface area contributed by atoms with E-state index < -0.39 is 0 Å². The zero-order valence-corrected chi connectivity index (χ0v) is 11.9. The lowest BCUT2D eigenvalue weighted by Gasteiger charge is -2.16. The van der Waals surface area contributed by atoms with Crippen molar-refractivity contribution in [2.45, 2.75) is 45.1 Å². The average molecular weight is 259 g/mol. The van der Waals surface area contributed by atoms with Crippen molar-refractivity contribution in [2.24, 2.45) is 0 Å². The molecule has 3 rings (SSSR count). The van der Waals surface area contributed by atoms with Gasteiger partial charge in [-0.3, -0.25) is 0 Å². The van der Waals surface area contributed by atoms with Crippen molar-refractivity contribution >= 4 is 21.4 Å². The Morgan fingerprint density at radius 2 is 2.17 bits per heavy atom. The number of benzene rings is 1. The lowest BCUT2D eigenvalue weighted by molar-refractivity contribution is 0.495. The van der Waals surface area contributed by atoms with E-state index in [2.05, 4.69) is 36.5 Å². The molecule has 0 fully saturated rings. The van der Waals surface area contributed by atoms with Gasteiger partial charge in [0.05, 0.1) is 0 Å². The van der Waals surface area contributed by atoms with Crippen molar-refractivity contribution in [3.05, 3.63) is 34.7 Å². The molecule has 0 amide bonds. The van der Waals surface area contributed by atoms with Gasteiger partial charge in [0.15, 0.2) is 0 Å². The Morgan fingerprint density at radius 1 is 1.28 bits per heavy atom. The lowest BCUT2D eigenvalue weighted by Crippen LogP contribution is -2.21. The molecule has 0 saturated carbocycles. The lowest BCUT2D eigenvalue weighted by atomic mass is 10.1. The van der Waals surface area contributed by atoms with Crippen molar-refractivity contribution in [3.63, 3.8) is 0 Å². The zero-order valence-electron chi connectivity index (χ0n) is 11.0. The first-order chi connectivity index (χ1) is 8.90. The molecule has 0 bridgehead atoms. The fourth-order valence-electron chi connectivity index (χ4n) is 2.95. The van der Waals surface area contributed by atoms with Gasteiger partial charge in [0, 0.05) is 15.6 Å². The molecule has 0 spiro atoms. The first-order valence-corrected chi connectivity index (χ1v) is 7.95. The van der Waals surface area contributed by atoms with E-state index in [0.717, 1.165) is 6.54 Å². The molecule has 2 heteroatoms. The van der Waals surface area contributed by atoms with Crippen molar-refractivity contribution in [1.29, 1.82) is 0 Å². The number of hydrogen-bond acceptors (Lipinski definition) is 2.